The van der Waals surface area contributed by atoms with Gasteiger partial charge in [-0.3, -0.25) is 9.59 Å². The zero-order valence-corrected chi connectivity index (χ0v) is 16.3. The summed E-state index contributed by atoms with van der Waals surface area (Å²) in [7, 11) is 0. The van der Waals surface area contributed by atoms with E-state index in [0.29, 0.717) is 5.56 Å². The Hall–Kier alpha value is -3.60. The number of hydrogen-bond acceptors (Lipinski definition) is 4. The average Bonchev–Trinajstić information content (AvgIpc) is 2.76. The van der Waals surface area contributed by atoms with Crippen LogP contribution in [0.3, 0.4) is 0 Å². The molecule has 0 aliphatic heterocycles. The number of esters is 1. The van der Waals surface area contributed by atoms with E-state index in [1.165, 1.54) is 0 Å². The molecule has 5 heteroatoms. The number of rotatable bonds is 8. The maximum Gasteiger partial charge on any atom is 0.325 e. The first kappa shape index (κ1) is 20.1. The van der Waals surface area contributed by atoms with Crippen molar-refractivity contribution in [3.05, 3.63) is 90.0 Å². The van der Waals surface area contributed by atoms with Gasteiger partial charge in [-0.05, 0) is 47.9 Å². The van der Waals surface area contributed by atoms with Gasteiger partial charge in [0.05, 0.1) is 0 Å². The third-order valence-corrected chi connectivity index (χ3v) is 4.25. The first-order valence-electron chi connectivity index (χ1n) is 9.40. The smallest absolute Gasteiger partial charge is 0.325 e. The highest BCUT2D eigenvalue weighted by Gasteiger charge is 2.09. The molecule has 0 aliphatic rings. The number of aryl methyl sites for hydroxylation is 1. The van der Waals surface area contributed by atoms with Crippen molar-refractivity contribution in [2.24, 2.45) is 0 Å². The summed E-state index contributed by atoms with van der Waals surface area (Å²) in [6.45, 7) is 2.16. The molecular weight excluding hydrogens is 366 g/mol. The second-order valence-electron chi connectivity index (χ2n) is 6.51. The van der Waals surface area contributed by atoms with Gasteiger partial charge in [0.2, 0.25) is 0 Å². The molecule has 0 saturated carbocycles. The van der Waals surface area contributed by atoms with Crippen LogP contribution >= 0.6 is 0 Å². The van der Waals surface area contributed by atoms with Crippen molar-refractivity contribution in [1.82, 2.24) is 5.32 Å². The van der Waals surface area contributed by atoms with E-state index in [1.54, 1.807) is 12.1 Å². The molecule has 0 radical (unpaired) electrons. The quantitative estimate of drug-likeness (QED) is 0.467. The molecule has 0 aromatic heterocycles. The molecule has 0 aliphatic carbocycles. The van der Waals surface area contributed by atoms with Gasteiger partial charge in [-0.2, -0.15) is 0 Å². The molecule has 0 spiro atoms. The highest BCUT2D eigenvalue weighted by Crippen LogP contribution is 2.19. The van der Waals surface area contributed by atoms with Gasteiger partial charge in [0.25, 0.3) is 5.91 Å². The van der Waals surface area contributed by atoms with Gasteiger partial charge >= 0.3 is 5.97 Å². The van der Waals surface area contributed by atoms with Gasteiger partial charge in [0, 0.05) is 5.56 Å². The van der Waals surface area contributed by atoms with Crippen LogP contribution in [0.2, 0.25) is 0 Å². The topological polar surface area (TPSA) is 64.6 Å². The number of nitrogens with one attached hydrogen (secondary N) is 1. The fourth-order valence-corrected chi connectivity index (χ4v) is 2.77. The lowest BCUT2D eigenvalue weighted by Crippen LogP contribution is -2.31. The Labute approximate surface area is 170 Å². The maximum atomic E-state index is 12.2. The number of ether oxygens (including phenoxy) is 2. The van der Waals surface area contributed by atoms with Crippen molar-refractivity contribution >= 4 is 11.9 Å². The second-order valence-corrected chi connectivity index (χ2v) is 6.51. The van der Waals surface area contributed by atoms with Crippen LogP contribution in [0.1, 0.15) is 15.9 Å². The zero-order valence-electron chi connectivity index (χ0n) is 16.3. The number of benzene rings is 3. The van der Waals surface area contributed by atoms with Crippen LogP contribution in [-0.4, -0.2) is 31.6 Å². The number of hydrogen-bond donors (Lipinski definition) is 1. The molecule has 0 unspecified atom stereocenters. The SMILES string of the molecule is Cc1cccc(OCCOC(=O)CNC(=O)c2ccc(-c3ccccc3)cc2)c1. The molecule has 0 bridgehead atoms. The molecule has 3 aromatic rings. The number of amides is 1. The van der Waals surface area contributed by atoms with Crippen LogP contribution in [-0.2, 0) is 9.53 Å². The van der Waals surface area contributed by atoms with E-state index in [0.717, 1.165) is 22.4 Å². The molecule has 0 heterocycles. The van der Waals surface area contributed by atoms with Crippen molar-refractivity contribution in [2.75, 3.05) is 19.8 Å². The minimum atomic E-state index is -0.507. The molecule has 0 fully saturated rings. The van der Waals surface area contributed by atoms with Crippen molar-refractivity contribution < 1.29 is 19.1 Å². The highest BCUT2D eigenvalue weighted by atomic mass is 16.6. The number of carbonyl (C=O) groups is 2. The standard InChI is InChI=1S/C24H23NO4/c1-18-6-5-9-22(16-18)28-14-15-29-23(26)17-25-24(27)21-12-10-20(11-13-21)19-7-3-2-4-8-19/h2-13,16H,14-15,17H2,1H3,(H,25,27). The zero-order chi connectivity index (χ0) is 20.5. The van der Waals surface area contributed by atoms with E-state index >= 15 is 0 Å². The predicted molar refractivity (Wildman–Crippen MR) is 112 cm³/mol. The van der Waals surface area contributed by atoms with Gasteiger partial charge in [0.15, 0.2) is 0 Å². The fourth-order valence-electron chi connectivity index (χ4n) is 2.77. The second kappa shape index (κ2) is 10.1. The highest BCUT2D eigenvalue weighted by molar-refractivity contribution is 5.96. The van der Waals surface area contributed by atoms with Gasteiger partial charge in [-0.15, -0.1) is 0 Å². The molecule has 1 N–H and O–H groups in total. The first-order valence-corrected chi connectivity index (χ1v) is 9.40. The van der Waals surface area contributed by atoms with Crippen LogP contribution < -0.4 is 10.1 Å². The Kier molecular flexibility index (Phi) is 7.00. The Balaban J connectivity index is 1.39. The molecule has 3 aromatic carbocycles. The van der Waals surface area contributed by atoms with Crippen LogP contribution in [0.5, 0.6) is 5.75 Å². The lowest BCUT2D eigenvalue weighted by Gasteiger charge is -2.09. The third kappa shape index (κ3) is 6.21. The Morgan fingerprint density at radius 3 is 2.28 bits per heavy atom. The lowest BCUT2D eigenvalue weighted by molar-refractivity contribution is -0.143. The summed E-state index contributed by atoms with van der Waals surface area (Å²) >= 11 is 0. The lowest BCUT2D eigenvalue weighted by atomic mass is 10.0. The summed E-state index contributed by atoms with van der Waals surface area (Å²) in [5, 5.41) is 2.57. The van der Waals surface area contributed by atoms with Crippen molar-refractivity contribution in [2.45, 2.75) is 6.92 Å². The van der Waals surface area contributed by atoms with Gasteiger partial charge in [-0.1, -0.05) is 54.6 Å². The van der Waals surface area contributed by atoms with E-state index in [1.807, 2.05) is 73.7 Å². The Morgan fingerprint density at radius 2 is 1.55 bits per heavy atom. The molecule has 3 rings (SSSR count). The van der Waals surface area contributed by atoms with Gasteiger partial charge in [0.1, 0.15) is 25.5 Å². The maximum absolute atomic E-state index is 12.2. The minimum Gasteiger partial charge on any atom is -0.490 e. The van der Waals surface area contributed by atoms with E-state index in [2.05, 4.69) is 5.32 Å². The molecule has 1 amide bonds. The van der Waals surface area contributed by atoms with Crippen LogP contribution in [0.4, 0.5) is 0 Å². The van der Waals surface area contributed by atoms with E-state index < -0.39 is 5.97 Å². The monoisotopic (exact) mass is 389 g/mol. The summed E-state index contributed by atoms with van der Waals surface area (Å²) in [6.07, 6.45) is 0. The van der Waals surface area contributed by atoms with Crippen LogP contribution in [0, 0.1) is 6.92 Å². The normalized spacial score (nSPS) is 10.2. The number of carbonyl (C=O) groups excluding carboxylic acids is 2. The van der Waals surface area contributed by atoms with Crippen molar-refractivity contribution in [3.8, 4) is 16.9 Å². The molecule has 5 nitrogen and oxygen atoms in total. The van der Waals surface area contributed by atoms with Crippen molar-refractivity contribution in [1.29, 1.82) is 0 Å². The van der Waals surface area contributed by atoms with Crippen LogP contribution in [0.25, 0.3) is 11.1 Å². The van der Waals surface area contributed by atoms with E-state index in [-0.39, 0.29) is 25.7 Å². The summed E-state index contributed by atoms with van der Waals surface area (Å²) < 4.78 is 10.6. The van der Waals surface area contributed by atoms with Crippen molar-refractivity contribution in [3.63, 3.8) is 0 Å². The molecule has 29 heavy (non-hydrogen) atoms. The van der Waals surface area contributed by atoms with Gasteiger partial charge < -0.3 is 14.8 Å². The average molecular weight is 389 g/mol. The van der Waals surface area contributed by atoms with Gasteiger partial charge in [-0.25, -0.2) is 0 Å². The Morgan fingerprint density at radius 1 is 0.828 bits per heavy atom. The molecule has 0 saturated heterocycles. The summed E-state index contributed by atoms with van der Waals surface area (Å²) in [5.74, 6) is -0.0991. The van der Waals surface area contributed by atoms with E-state index in [9.17, 15) is 9.59 Å². The summed E-state index contributed by atoms with van der Waals surface area (Å²) in [5.41, 5.74) is 3.69. The first-order chi connectivity index (χ1) is 14.1. The fraction of sp³-hybridized carbons (Fsp3) is 0.167. The Bertz CT molecular complexity index is 952. The van der Waals surface area contributed by atoms with E-state index in [4.69, 9.17) is 9.47 Å². The molecule has 0 atom stereocenters. The predicted octanol–water partition coefficient (Wildman–Crippen LogP) is 4.01. The largest absolute Gasteiger partial charge is 0.490 e. The van der Waals surface area contributed by atoms with Crippen LogP contribution in [0.15, 0.2) is 78.9 Å². The minimum absolute atomic E-state index is 0.119. The third-order valence-electron chi connectivity index (χ3n) is 4.25. The molecule has 148 valence electrons. The summed E-state index contributed by atoms with van der Waals surface area (Å²) in [6, 6.07) is 24.8. The summed E-state index contributed by atoms with van der Waals surface area (Å²) in [4.78, 5) is 24.0. The molecular formula is C24H23NO4.